The zero-order chi connectivity index (χ0) is 13.2. The summed E-state index contributed by atoms with van der Waals surface area (Å²) in [5.74, 6) is 0. The van der Waals surface area contributed by atoms with Crippen LogP contribution < -0.4 is 5.32 Å². The molecule has 0 aliphatic rings. The first-order valence-electron chi connectivity index (χ1n) is 6.99. The molecule has 1 heterocycles. The number of methoxy groups -OCH3 is 1. The monoisotopic (exact) mass is 269 g/mol. The molecule has 0 bridgehead atoms. The van der Waals surface area contributed by atoms with Crippen LogP contribution in [0.15, 0.2) is 6.07 Å². The van der Waals surface area contributed by atoms with Crippen LogP contribution in [-0.4, -0.2) is 26.8 Å². The molecule has 1 aromatic rings. The molecule has 0 aromatic carbocycles. The van der Waals surface area contributed by atoms with Gasteiger partial charge in [0.05, 0.1) is 6.61 Å². The van der Waals surface area contributed by atoms with Crippen LogP contribution >= 0.6 is 11.3 Å². The van der Waals surface area contributed by atoms with Crippen molar-refractivity contribution in [2.24, 2.45) is 0 Å². The van der Waals surface area contributed by atoms with Crippen molar-refractivity contribution >= 4 is 11.3 Å². The van der Waals surface area contributed by atoms with Gasteiger partial charge in [0.15, 0.2) is 0 Å². The highest BCUT2D eigenvalue weighted by molar-refractivity contribution is 7.12. The molecule has 0 unspecified atom stereocenters. The van der Waals surface area contributed by atoms with Crippen molar-refractivity contribution in [2.45, 2.75) is 46.0 Å². The summed E-state index contributed by atoms with van der Waals surface area (Å²) in [5, 5.41) is 3.38. The number of thiophene rings is 1. The van der Waals surface area contributed by atoms with Gasteiger partial charge in [-0.1, -0.05) is 12.8 Å². The molecule has 1 N–H and O–H groups in total. The van der Waals surface area contributed by atoms with Crippen molar-refractivity contribution in [3.05, 3.63) is 21.4 Å². The van der Waals surface area contributed by atoms with E-state index in [0.717, 1.165) is 19.7 Å². The minimum atomic E-state index is 0.816. The van der Waals surface area contributed by atoms with Crippen molar-refractivity contribution < 1.29 is 4.74 Å². The Morgan fingerprint density at radius 2 is 1.89 bits per heavy atom. The van der Waals surface area contributed by atoms with Crippen molar-refractivity contribution in [3.63, 3.8) is 0 Å². The maximum Gasteiger partial charge on any atom is 0.0587 e. The second kappa shape index (κ2) is 9.54. The van der Waals surface area contributed by atoms with Crippen molar-refractivity contribution in [3.8, 4) is 0 Å². The minimum Gasteiger partial charge on any atom is -0.383 e. The molecule has 0 radical (unpaired) electrons. The zero-order valence-corrected chi connectivity index (χ0v) is 12.9. The van der Waals surface area contributed by atoms with Crippen LogP contribution in [0, 0.1) is 13.8 Å². The molecule has 0 amide bonds. The summed E-state index contributed by atoms with van der Waals surface area (Å²) in [6, 6.07) is 2.35. The van der Waals surface area contributed by atoms with Gasteiger partial charge in [0.25, 0.3) is 0 Å². The lowest BCUT2D eigenvalue weighted by Gasteiger charge is -2.04. The molecular formula is C15H27NOS. The second-order valence-electron chi connectivity index (χ2n) is 4.85. The Hall–Kier alpha value is -0.380. The van der Waals surface area contributed by atoms with Gasteiger partial charge in [0.1, 0.15) is 0 Å². The smallest absolute Gasteiger partial charge is 0.0587 e. The Morgan fingerprint density at radius 3 is 2.56 bits per heavy atom. The van der Waals surface area contributed by atoms with Crippen molar-refractivity contribution in [2.75, 3.05) is 26.8 Å². The first-order chi connectivity index (χ1) is 8.74. The molecule has 2 nitrogen and oxygen atoms in total. The lowest BCUT2D eigenvalue weighted by molar-refractivity contribution is 0.199. The number of hydrogen-bond donors (Lipinski definition) is 1. The SMILES string of the molecule is COCCNCCCCCCc1cc(C)sc1C. The second-order valence-corrected chi connectivity index (χ2v) is 6.31. The van der Waals surface area contributed by atoms with Gasteiger partial charge in [-0.25, -0.2) is 0 Å². The lowest BCUT2D eigenvalue weighted by atomic mass is 10.1. The van der Waals surface area contributed by atoms with E-state index in [1.54, 1.807) is 12.7 Å². The molecule has 104 valence electrons. The third kappa shape index (κ3) is 6.53. The largest absolute Gasteiger partial charge is 0.383 e. The first kappa shape index (κ1) is 15.7. The number of aryl methyl sites for hydroxylation is 3. The Bertz CT molecular complexity index is 322. The van der Waals surface area contributed by atoms with Crippen LogP contribution in [0.4, 0.5) is 0 Å². The molecule has 0 spiro atoms. The quantitative estimate of drug-likeness (QED) is 0.654. The van der Waals surface area contributed by atoms with E-state index in [2.05, 4.69) is 25.2 Å². The van der Waals surface area contributed by atoms with Crippen molar-refractivity contribution in [1.82, 2.24) is 5.32 Å². The Kier molecular flexibility index (Phi) is 8.31. The first-order valence-corrected chi connectivity index (χ1v) is 7.81. The number of unbranched alkanes of at least 4 members (excludes halogenated alkanes) is 3. The van der Waals surface area contributed by atoms with Gasteiger partial charge in [0.2, 0.25) is 0 Å². The third-order valence-electron chi connectivity index (χ3n) is 3.18. The molecular weight excluding hydrogens is 242 g/mol. The van der Waals surface area contributed by atoms with Crippen LogP contribution in [0.1, 0.15) is 41.0 Å². The van der Waals surface area contributed by atoms with E-state index in [1.807, 2.05) is 11.3 Å². The van der Waals surface area contributed by atoms with E-state index in [1.165, 1.54) is 41.9 Å². The number of nitrogens with one attached hydrogen (secondary N) is 1. The van der Waals surface area contributed by atoms with Crippen LogP contribution in [-0.2, 0) is 11.2 Å². The van der Waals surface area contributed by atoms with Gasteiger partial charge in [0, 0.05) is 23.4 Å². The molecule has 0 atom stereocenters. The highest BCUT2D eigenvalue weighted by atomic mass is 32.1. The average Bonchev–Trinajstić information content (AvgIpc) is 2.66. The molecule has 0 aliphatic carbocycles. The predicted octanol–water partition coefficient (Wildman–Crippen LogP) is 3.70. The average molecular weight is 269 g/mol. The Balaban J connectivity index is 1.94. The Morgan fingerprint density at radius 1 is 1.11 bits per heavy atom. The van der Waals surface area contributed by atoms with Crippen LogP contribution in [0.25, 0.3) is 0 Å². The van der Waals surface area contributed by atoms with E-state index < -0.39 is 0 Å². The molecule has 3 heteroatoms. The van der Waals surface area contributed by atoms with E-state index in [4.69, 9.17) is 4.74 Å². The van der Waals surface area contributed by atoms with Gasteiger partial charge in [-0.2, -0.15) is 0 Å². The van der Waals surface area contributed by atoms with Gasteiger partial charge in [-0.3, -0.25) is 0 Å². The molecule has 18 heavy (non-hydrogen) atoms. The van der Waals surface area contributed by atoms with Gasteiger partial charge in [-0.05, 0) is 51.3 Å². The van der Waals surface area contributed by atoms with Crippen LogP contribution in [0.5, 0.6) is 0 Å². The molecule has 1 aromatic heterocycles. The van der Waals surface area contributed by atoms with E-state index >= 15 is 0 Å². The summed E-state index contributed by atoms with van der Waals surface area (Å²) < 4.78 is 4.99. The van der Waals surface area contributed by atoms with E-state index in [-0.39, 0.29) is 0 Å². The minimum absolute atomic E-state index is 0.816. The van der Waals surface area contributed by atoms with E-state index in [9.17, 15) is 0 Å². The van der Waals surface area contributed by atoms with Crippen molar-refractivity contribution in [1.29, 1.82) is 0 Å². The summed E-state index contributed by atoms with van der Waals surface area (Å²) >= 11 is 1.93. The third-order valence-corrected chi connectivity index (χ3v) is 4.18. The number of hydrogen-bond acceptors (Lipinski definition) is 3. The van der Waals surface area contributed by atoms with Gasteiger partial charge >= 0.3 is 0 Å². The summed E-state index contributed by atoms with van der Waals surface area (Å²) in [6.07, 6.45) is 6.55. The fourth-order valence-corrected chi connectivity index (χ4v) is 3.13. The standard InChI is InChI=1S/C15H27NOS/c1-13-12-15(14(2)18-13)8-6-4-5-7-9-16-10-11-17-3/h12,16H,4-11H2,1-3H3. The molecule has 1 rings (SSSR count). The topological polar surface area (TPSA) is 21.3 Å². The maximum atomic E-state index is 4.99. The lowest BCUT2D eigenvalue weighted by Crippen LogP contribution is -2.20. The fourth-order valence-electron chi connectivity index (χ4n) is 2.15. The van der Waals surface area contributed by atoms with Crippen LogP contribution in [0.3, 0.4) is 0 Å². The normalized spacial score (nSPS) is 11.1. The highest BCUT2D eigenvalue weighted by Gasteiger charge is 2.02. The van der Waals surface area contributed by atoms with Gasteiger partial charge < -0.3 is 10.1 Å². The van der Waals surface area contributed by atoms with E-state index in [0.29, 0.717) is 0 Å². The number of ether oxygens (including phenoxy) is 1. The highest BCUT2D eigenvalue weighted by Crippen LogP contribution is 2.22. The summed E-state index contributed by atoms with van der Waals surface area (Å²) in [6.45, 7) is 7.36. The maximum absolute atomic E-state index is 4.99. The van der Waals surface area contributed by atoms with Gasteiger partial charge in [-0.15, -0.1) is 11.3 Å². The summed E-state index contributed by atoms with van der Waals surface area (Å²) in [4.78, 5) is 2.96. The number of rotatable bonds is 10. The molecule has 0 saturated heterocycles. The predicted molar refractivity (Wildman–Crippen MR) is 80.7 cm³/mol. The zero-order valence-electron chi connectivity index (χ0n) is 12.1. The van der Waals surface area contributed by atoms with Crippen LogP contribution in [0.2, 0.25) is 0 Å². The summed E-state index contributed by atoms with van der Waals surface area (Å²) in [5.41, 5.74) is 1.57. The Labute approximate surface area is 116 Å². The molecule has 0 saturated carbocycles. The molecule has 0 aliphatic heterocycles. The summed E-state index contributed by atoms with van der Waals surface area (Å²) in [7, 11) is 1.75. The fraction of sp³-hybridized carbons (Fsp3) is 0.733. The molecule has 0 fully saturated rings.